The molecule has 3 rings (SSSR count). The van der Waals surface area contributed by atoms with E-state index in [1.54, 1.807) is 13.2 Å². The second-order valence-corrected chi connectivity index (χ2v) is 5.52. The lowest BCUT2D eigenvalue weighted by atomic mass is 10.1. The van der Waals surface area contributed by atoms with Crippen LogP contribution in [0.25, 0.3) is 0 Å². The molecule has 0 saturated carbocycles. The van der Waals surface area contributed by atoms with Crippen LogP contribution in [0.1, 0.15) is 26.3 Å². The Balaban J connectivity index is 1.52. The summed E-state index contributed by atoms with van der Waals surface area (Å²) in [4.78, 5) is 35.0. The highest BCUT2D eigenvalue weighted by Crippen LogP contribution is 2.20. The van der Waals surface area contributed by atoms with E-state index in [1.807, 2.05) is 24.3 Å². The SMILES string of the molecule is COc1ccc(CCNC(=O)Nc2ccc3c(c2)C(=O)NC3=O)cc1. The van der Waals surface area contributed by atoms with Crippen LogP contribution >= 0.6 is 0 Å². The summed E-state index contributed by atoms with van der Waals surface area (Å²) in [5.41, 5.74) is 2.11. The number of hydrogen-bond acceptors (Lipinski definition) is 4. The molecule has 0 aromatic heterocycles. The van der Waals surface area contributed by atoms with Gasteiger partial charge in [0, 0.05) is 12.2 Å². The van der Waals surface area contributed by atoms with Gasteiger partial charge in [0.1, 0.15) is 5.75 Å². The Morgan fingerprint density at radius 2 is 1.76 bits per heavy atom. The van der Waals surface area contributed by atoms with Crippen LogP contribution in [0.3, 0.4) is 0 Å². The van der Waals surface area contributed by atoms with E-state index in [0.29, 0.717) is 24.2 Å². The number of fused-ring (bicyclic) bond motifs is 1. The van der Waals surface area contributed by atoms with Crippen molar-refractivity contribution in [3.8, 4) is 5.75 Å². The highest BCUT2D eigenvalue weighted by Gasteiger charge is 2.26. The summed E-state index contributed by atoms with van der Waals surface area (Å²) in [5.74, 6) is -0.0902. The van der Waals surface area contributed by atoms with Gasteiger partial charge in [-0.05, 0) is 42.3 Å². The molecular formula is C18H17N3O4. The minimum absolute atomic E-state index is 0.265. The lowest BCUT2D eigenvalue weighted by molar-refractivity contribution is 0.0879. The molecule has 128 valence electrons. The van der Waals surface area contributed by atoms with E-state index in [9.17, 15) is 14.4 Å². The van der Waals surface area contributed by atoms with Crippen LogP contribution in [0.5, 0.6) is 5.75 Å². The Morgan fingerprint density at radius 1 is 1.04 bits per heavy atom. The number of carbonyl (C=O) groups is 3. The maximum absolute atomic E-state index is 11.9. The number of imide groups is 1. The average molecular weight is 339 g/mol. The van der Waals surface area contributed by atoms with Crippen LogP contribution in [0.15, 0.2) is 42.5 Å². The van der Waals surface area contributed by atoms with Crippen LogP contribution in [0.4, 0.5) is 10.5 Å². The first-order valence-electron chi connectivity index (χ1n) is 7.74. The molecule has 7 heteroatoms. The molecule has 7 nitrogen and oxygen atoms in total. The molecule has 1 heterocycles. The molecule has 2 aromatic carbocycles. The summed E-state index contributed by atoms with van der Waals surface area (Å²) in [6.07, 6.45) is 0.679. The minimum Gasteiger partial charge on any atom is -0.497 e. The van der Waals surface area contributed by atoms with Gasteiger partial charge in [-0.1, -0.05) is 12.1 Å². The van der Waals surface area contributed by atoms with E-state index in [0.717, 1.165) is 11.3 Å². The molecule has 3 N–H and O–H groups in total. The zero-order valence-corrected chi connectivity index (χ0v) is 13.6. The van der Waals surface area contributed by atoms with Crippen molar-refractivity contribution < 1.29 is 19.1 Å². The molecule has 4 amide bonds. The monoisotopic (exact) mass is 339 g/mol. The topological polar surface area (TPSA) is 96.5 Å². The summed E-state index contributed by atoms with van der Waals surface area (Å²) in [6, 6.07) is 11.8. The van der Waals surface area contributed by atoms with Crippen LogP contribution in [0, 0.1) is 0 Å². The van der Waals surface area contributed by atoms with Gasteiger partial charge < -0.3 is 15.4 Å². The van der Waals surface area contributed by atoms with Crippen molar-refractivity contribution >= 4 is 23.5 Å². The number of amides is 4. The summed E-state index contributed by atoms with van der Waals surface area (Å²) in [6.45, 7) is 0.460. The Morgan fingerprint density at radius 3 is 2.48 bits per heavy atom. The van der Waals surface area contributed by atoms with Crippen molar-refractivity contribution in [2.45, 2.75) is 6.42 Å². The third kappa shape index (κ3) is 3.77. The van der Waals surface area contributed by atoms with Crippen LogP contribution < -0.4 is 20.7 Å². The molecular weight excluding hydrogens is 322 g/mol. The molecule has 0 unspecified atom stereocenters. The molecule has 1 aliphatic heterocycles. The Bertz CT molecular complexity index is 831. The second-order valence-electron chi connectivity index (χ2n) is 5.52. The maximum Gasteiger partial charge on any atom is 0.319 e. The molecule has 1 aliphatic rings. The van der Waals surface area contributed by atoms with Crippen LogP contribution in [-0.4, -0.2) is 31.5 Å². The van der Waals surface area contributed by atoms with E-state index in [2.05, 4.69) is 16.0 Å². The molecule has 0 fully saturated rings. The van der Waals surface area contributed by atoms with E-state index in [4.69, 9.17) is 4.74 Å². The fourth-order valence-corrected chi connectivity index (χ4v) is 2.53. The number of ether oxygens (including phenoxy) is 1. The zero-order chi connectivity index (χ0) is 17.8. The first-order chi connectivity index (χ1) is 12.1. The van der Waals surface area contributed by atoms with Gasteiger partial charge in [-0.3, -0.25) is 14.9 Å². The number of nitrogens with one attached hydrogen (secondary N) is 3. The van der Waals surface area contributed by atoms with Gasteiger partial charge in [-0.15, -0.1) is 0 Å². The summed E-state index contributed by atoms with van der Waals surface area (Å²) >= 11 is 0. The Labute approximate surface area is 144 Å². The van der Waals surface area contributed by atoms with E-state index >= 15 is 0 Å². The van der Waals surface area contributed by atoms with Crippen molar-refractivity contribution in [3.05, 3.63) is 59.2 Å². The van der Waals surface area contributed by atoms with Gasteiger partial charge in [0.25, 0.3) is 11.8 Å². The van der Waals surface area contributed by atoms with Crippen molar-refractivity contribution in [1.82, 2.24) is 10.6 Å². The Hall–Kier alpha value is -3.35. The van der Waals surface area contributed by atoms with E-state index < -0.39 is 11.8 Å². The number of benzene rings is 2. The lowest BCUT2D eigenvalue weighted by Crippen LogP contribution is -2.30. The first-order valence-corrected chi connectivity index (χ1v) is 7.74. The van der Waals surface area contributed by atoms with Crippen molar-refractivity contribution in [2.75, 3.05) is 19.0 Å². The third-order valence-corrected chi connectivity index (χ3v) is 3.85. The number of anilines is 1. The smallest absolute Gasteiger partial charge is 0.319 e. The molecule has 0 atom stereocenters. The molecule has 0 spiro atoms. The maximum atomic E-state index is 11.9. The van der Waals surface area contributed by atoms with Gasteiger partial charge in [0.05, 0.1) is 18.2 Å². The minimum atomic E-state index is -0.455. The molecule has 0 bridgehead atoms. The van der Waals surface area contributed by atoms with Crippen LogP contribution in [-0.2, 0) is 6.42 Å². The summed E-state index contributed by atoms with van der Waals surface area (Å²) in [5, 5.41) is 7.61. The summed E-state index contributed by atoms with van der Waals surface area (Å²) in [7, 11) is 1.61. The van der Waals surface area contributed by atoms with Crippen molar-refractivity contribution in [2.24, 2.45) is 0 Å². The average Bonchev–Trinajstić information content (AvgIpc) is 2.89. The normalized spacial score (nSPS) is 12.4. The number of hydrogen-bond donors (Lipinski definition) is 3. The van der Waals surface area contributed by atoms with E-state index in [-0.39, 0.29) is 11.6 Å². The predicted molar refractivity (Wildman–Crippen MR) is 92.0 cm³/mol. The largest absolute Gasteiger partial charge is 0.497 e. The number of rotatable bonds is 5. The lowest BCUT2D eigenvalue weighted by Gasteiger charge is -2.09. The molecule has 25 heavy (non-hydrogen) atoms. The van der Waals surface area contributed by atoms with Gasteiger partial charge in [-0.2, -0.15) is 0 Å². The standard InChI is InChI=1S/C18H17N3O4/c1-25-13-5-2-11(3-6-13)8-9-19-18(24)20-12-4-7-14-15(10-12)17(23)21-16(14)22/h2-7,10H,8-9H2,1H3,(H2,19,20,24)(H,21,22,23). The van der Waals surface area contributed by atoms with Gasteiger partial charge >= 0.3 is 6.03 Å². The quantitative estimate of drug-likeness (QED) is 0.725. The van der Waals surface area contributed by atoms with Gasteiger partial charge in [-0.25, -0.2) is 4.79 Å². The predicted octanol–water partition coefficient (Wildman–Crippen LogP) is 1.94. The fraction of sp³-hybridized carbons (Fsp3) is 0.167. The molecule has 0 aliphatic carbocycles. The molecule has 0 radical (unpaired) electrons. The van der Waals surface area contributed by atoms with Crippen molar-refractivity contribution in [3.63, 3.8) is 0 Å². The highest BCUT2D eigenvalue weighted by atomic mass is 16.5. The second kappa shape index (κ2) is 7.04. The number of urea groups is 1. The van der Waals surface area contributed by atoms with E-state index in [1.165, 1.54) is 12.1 Å². The highest BCUT2D eigenvalue weighted by molar-refractivity contribution is 6.22. The Kier molecular flexibility index (Phi) is 4.65. The number of methoxy groups -OCH3 is 1. The molecule has 0 saturated heterocycles. The summed E-state index contributed by atoms with van der Waals surface area (Å²) < 4.78 is 5.09. The van der Waals surface area contributed by atoms with Gasteiger partial charge in [0.15, 0.2) is 0 Å². The van der Waals surface area contributed by atoms with Gasteiger partial charge in [0.2, 0.25) is 0 Å². The van der Waals surface area contributed by atoms with Crippen LogP contribution in [0.2, 0.25) is 0 Å². The number of carbonyl (C=O) groups excluding carboxylic acids is 3. The first kappa shape index (κ1) is 16.5. The fourth-order valence-electron chi connectivity index (χ4n) is 2.53. The van der Waals surface area contributed by atoms with Crippen molar-refractivity contribution in [1.29, 1.82) is 0 Å². The molecule has 2 aromatic rings. The zero-order valence-electron chi connectivity index (χ0n) is 13.6. The third-order valence-electron chi connectivity index (χ3n) is 3.85.